The Bertz CT molecular complexity index is 928. The summed E-state index contributed by atoms with van der Waals surface area (Å²) >= 11 is 7.87. The lowest BCUT2D eigenvalue weighted by Crippen LogP contribution is -2.06. The number of nitrogens with zero attached hydrogens (tertiary/aromatic N) is 1. The molecule has 1 heterocycles. The van der Waals surface area contributed by atoms with Crippen LogP contribution in [0.2, 0.25) is 5.15 Å². The maximum Gasteiger partial charge on any atom is 0.341 e. The zero-order valence-corrected chi connectivity index (χ0v) is 16.1. The van der Waals surface area contributed by atoms with E-state index in [2.05, 4.69) is 4.98 Å². The third kappa shape index (κ3) is 4.29. The zero-order chi connectivity index (χ0) is 18.5. The van der Waals surface area contributed by atoms with Gasteiger partial charge in [-0.05, 0) is 42.8 Å². The fourth-order valence-corrected chi connectivity index (χ4v) is 3.56. The number of carbonyl (C=O) groups is 1. The van der Waals surface area contributed by atoms with Gasteiger partial charge >= 0.3 is 5.97 Å². The molecule has 3 rings (SSSR count). The number of thioether (sulfide) groups is 1. The Hall–Kier alpha value is -2.24. The van der Waals surface area contributed by atoms with E-state index in [1.165, 1.54) is 5.56 Å². The maximum absolute atomic E-state index is 11.9. The normalized spacial score (nSPS) is 10.7. The molecule has 0 aliphatic rings. The number of esters is 1. The first kappa shape index (κ1) is 18.5. The molecule has 0 aliphatic carbocycles. The predicted octanol–water partition coefficient (Wildman–Crippen LogP) is 5.37. The van der Waals surface area contributed by atoms with Crippen LogP contribution >= 0.6 is 23.4 Å². The minimum absolute atomic E-state index is 0.160. The van der Waals surface area contributed by atoms with Gasteiger partial charge in [0.05, 0.1) is 24.8 Å². The van der Waals surface area contributed by atoms with Crippen LogP contribution in [0.25, 0.3) is 10.9 Å². The molecule has 0 bridgehead atoms. The van der Waals surface area contributed by atoms with E-state index in [0.29, 0.717) is 12.2 Å². The number of benzene rings is 2. The van der Waals surface area contributed by atoms with Gasteiger partial charge < -0.3 is 9.47 Å². The fourth-order valence-electron chi connectivity index (χ4n) is 2.45. The van der Waals surface area contributed by atoms with E-state index in [-0.39, 0.29) is 5.15 Å². The van der Waals surface area contributed by atoms with Crippen molar-refractivity contribution in [3.63, 3.8) is 0 Å². The number of fused-ring (bicyclic) bond motifs is 1. The number of pyridine rings is 1. The van der Waals surface area contributed by atoms with Crippen molar-refractivity contribution in [2.45, 2.75) is 17.6 Å². The Balaban J connectivity index is 1.78. The topological polar surface area (TPSA) is 48.4 Å². The second kappa shape index (κ2) is 8.43. The van der Waals surface area contributed by atoms with E-state index in [1.54, 1.807) is 31.9 Å². The number of carbonyl (C=O) groups excluding carboxylic acids is 1. The Kier molecular flexibility index (Phi) is 6.01. The molecule has 0 saturated heterocycles. The second-order valence-corrected chi connectivity index (χ2v) is 6.95. The second-order valence-electron chi connectivity index (χ2n) is 5.54. The summed E-state index contributed by atoms with van der Waals surface area (Å²) in [6.07, 6.45) is 0. The largest absolute Gasteiger partial charge is 0.497 e. The van der Waals surface area contributed by atoms with Crippen LogP contribution in [0.5, 0.6) is 5.75 Å². The molecule has 0 radical (unpaired) electrons. The molecule has 0 N–H and O–H groups in total. The summed E-state index contributed by atoms with van der Waals surface area (Å²) in [4.78, 5) is 17.4. The van der Waals surface area contributed by atoms with Crippen LogP contribution in [0.3, 0.4) is 0 Å². The van der Waals surface area contributed by atoms with Crippen molar-refractivity contribution < 1.29 is 14.3 Å². The number of rotatable bonds is 6. The highest BCUT2D eigenvalue weighted by molar-refractivity contribution is 7.98. The Morgan fingerprint density at radius 1 is 1.15 bits per heavy atom. The average molecular weight is 388 g/mol. The number of hydrogen-bond donors (Lipinski definition) is 0. The van der Waals surface area contributed by atoms with E-state index >= 15 is 0 Å². The third-order valence-corrected chi connectivity index (χ3v) is 5.16. The van der Waals surface area contributed by atoms with Crippen molar-refractivity contribution in [3.8, 4) is 5.75 Å². The maximum atomic E-state index is 11.9. The lowest BCUT2D eigenvalue weighted by Gasteiger charge is -2.08. The van der Waals surface area contributed by atoms with E-state index in [1.807, 2.05) is 42.5 Å². The molecule has 0 atom stereocenters. The number of halogens is 1. The molecule has 0 aliphatic heterocycles. The van der Waals surface area contributed by atoms with Crippen LogP contribution in [0.4, 0.5) is 0 Å². The van der Waals surface area contributed by atoms with Gasteiger partial charge in [0.15, 0.2) is 0 Å². The first-order valence-electron chi connectivity index (χ1n) is 8.14. The van der Waals surface area contributed by atoms with Crippen molar-refractivity contribution in [1.29, 1.82) is 0 Å². The molecule has 1 aromatic heterocycles. The molecule has 134 valence electrons. The van der Waals surface area contributed by atoms with Gasteiger partial charge in [-0.15, -0.1) is 11.8 Å². The van der Waals surface area contributed by atoms with Crippen LogP contribution in [0.1, 0.15) is 22.8 Å². The number of aromatic nitrogens is 1. The van der Waals surface area contributed by atoms with Crippen molar-refractivity contribution in [2.75, 3.05) is 13.7 Å². The molecule has 4 nitrogen and oxygen atoms in total. The molecule has 0 spiro atoms. The van der Waals surface area contributed by atoms with E-state index in [9.17, 15) is 4.79 Å². The summed E-state index contributed by atoms with van der Waals surface area (Å²) in [5, 5.41) is 1.01. The molecule has 0 fully saturated rings. The number of ether oxygens (including phenoxy) is 2. The zero-order valence-electron chi connectivity index (χ0n) is 14.5. The highest BCUT2D eigenvalue weighted by Crippen LogP contribution is 2.28. The van der Waals surface area contributed by atoms with Crippen molar-refractivity contribution in [1.82, 2.24) is 4.98 Å². The number of methoxy groups -OCH3 is 1. The molecule has 0 amide bonds. The predicted molar refractivity (Wildman–Crippen MR) is 105 cm³/mol. The van der Waals surface area contributed by atoms with Crippen molar-refractivity contribution >= 4 is 40.2 Å². The first-order chi connectivity index (χ1) is 12.6. The lowest BCUT2D eigenvalue weighted by molar-refractivity contribution is 0.0526. The summed E-state index contributed by atoms with van der Waals surface area (Å²) < 4.78 is 10.2. The molecule has 2 aromatic carbocycles. The van der Waals surface area contributed by atoms with Crippen LogP contribution in [-0.4, -0.2) is 24.7 Å². The molecular weight excluding hydrogens is 370 g/mol. The van der Waals surface area contributed by atoms with Crippen LogP contribution < -0.4 is 4.74 Å². The summed E-state index contributed by atoms with van der Waals surface area (Å²) in [5.41, 5.74) is 2.25. The summed E-state index contributed by atoms with van der Waals surface area (Å²) in [6, 6.07) is 15.7. The van der Waals surface area contributed by atoms with Crippen molar-refractivity contribution in [3.05, 3.63) is 64.8 Å². The van der Waals surface area contributed by atoms with Gasteiger partial charge in [0, 0.05) is 16.0 Å². The van der Waals surface area contributed by atoms with Gasteiger partial charge in [0.25, 0.3) is 0 Å². The minimum Gasteiger partial charge on any atom is -0.497 e. The van der Waals surface area contributed by atoms with Gasteiger partial charge in [-0.3, -0.25) is 0 Å². The van der Waals surface area contributed by atoms with Gasteiger partial charge in [0.2, 0.25) is 0 Å². The minimum atomic E-state index is -0.454. The molecule has 3 aromatic rings. The van der Waals surface area contributed by atoms with E-state index in [4.69, 9.17) is 21.1 Å². The van der Waals surface area contributed by atoms with Crippen molar-refractivity contribution in [2.24, 2.45) is 0 Å². The highest BCUT2D eigenvalue weighted by Gasteiger charge is 2.14. The van der Waals surface area contributed by atoms with E-state index in [0.717, 1.165) is 27.3 Å². The number of hydrogen-bond acceptors (Lipinski definition) is 5. The SMILES string of the molecule is CCOC(=O)c1cc2ccc(SCc3ccc(OC)cc3)cc2nc1Cl. The molecular formula is C20H18ClNO3S. The van der Waals surface area contributed by atoms with Gasteiger partial charge in [-0.1, -0.05) is 29.8 Å². The Labute approximate surface area is 161 Å². The standard InChI is InChI=1S/C20H18ClNO3S/c1-3-25-20(23)17-10-14-6-9-16(11-18(14)22-19(17)21)26-12-13-4-7-15(24-2)8-5-13/h4-11H,3,12H2,1-2H3. The smallest absolute Gasteiger partial charge is 0.341 e. The van der Waals surface area contributed by atoms with E-state index < -0.39 is 5.97 Å². The quantitative estimate of drug-likeness (QED) is 0.323. The molecule has 0 unspecified atom stereocenters. The highest BCUT2D eigenvalue weighted by atomic mass is 35.5. The molecule has 6 heteroatoms. The van der Waals surface area contributed by atoms with Crippen LogP contribution in [0.15, 0.2) is 53.4 Å². The molecule has 26 heavy (non-hydrogen) atoms. The summed E-state index contributed by atoms with van der Waals surface area (Å²) in [5.74, 6) is 1.23. The first-order valence-corrected chi connectivity index (χ1v) is 9.50. The Morgan fingerprint density at radius 2 is 1.92 bits per heavy atom. The average Bonchev–Trinajstić information content (AvgIpc) is 2.66. The van der Waals surface area contributed by atoms with Crippen LogP contribution in [0, 0.1) is 0 Å². The van der Waals surface area contributed by atoms with Gasteiger partial charge in [-0.2, -0.15) is 0 Å². The molecule has 0 saturated carbocycles. The monoisotopic (exact) mass is 387 g/mol. The lowest BCUT2D eigenvalue weighted by atomic mass is 10.1. The van der Waals surface area contributed by atoms with Gasteiger partial charge in [-0.25, -0.2) is 9.78 Å². The van der Waals surface area contributed by atoms with Crippen LogP contribution in [-0.2, 0) is 10.5 Å². The fraction of sp³-hybridized carbons (Fsp3) is 0.200. The summed E-state index contributed by atoms with van der Waals surface area (Å²) in [6.45, 7) is 2.06. The Morgan fingerprint density at radius 3 is 2.62 bits per heavy atom. The summed E-state index contributed by atoms with van der Waals surface area (Å²) in [7, 11) is 1.66. The third-order valence-electron chi connectivity index (χ3n) is 3.80. The van der Waals surface area contributed by atoms with Gasteiger partial charge in [0.1, 0.15) is 10.9 Å².